The molecular weight excluding hydrogens is 255 g/mol. The highest BCUT2D eigenvalue weighted by molar-refractivity contribution is 5.30. The van der Waals surface area contributed by atoms with E-state index in [-0.39, 0.29) is 5.82 Å². The van der Waals surface area contributed by atoms with Gasteiger partial charge in [-0.2, -0.15) is 0 Å². The van der Waals surface area contributed by atoms with E-state index in [4.69, 9.17) is 4.74 Å². The lowest BCUT2D eigenvalue weighted by atomic mass is 10.1. The van der Waals surface area contributed by atoms with Gasteiger partial charge in [-0.3, -0.25) is 0 Å². The van der Waals surface area contributed by atoms with Crippen molar-refractivity contribution in [3.63, 3.8) is 0 Å². The molecule has 20 heavy (non-hydrogen) atoms. The van der Waals surface area contributed by atoms with Crippen molar-refractivity contribution in [1.29, 1.82) is 0 Å². The fourth-order valence-corrected chi connectivity index (χ4v) is 3.06. The predicted molar refractivity (Wildman–Crippen MR) is 77.4 cm³/mol. The van der Waals surface area contributed by atoms with Crippen LogP contribution in [0, 0.1) is 11.7 Å². The Hall–Kier alpha value is -1.13. The molecule has 3 nitrogen and oxygen atoms in total. The number of hydrogen-bond acceptors (Lipinski definition) is 3. The lowest BCUT2D eigenvalue weighted by Gasteiger charge is -2.15. The summed E-state index contributed by atoms with van der Waals surface area (Å²) < 4.78 is 19.0. The van der Waals surface area contributed by atoms with Crippen molar-refractivity contribution >= 4 is 0 Å². The van der Waals surface area contributed by atoms with Crippen LogP contribution in [0.5, 0.6) is 5.75 Å². The Morgan fingerprint density at radius 3 is 2.95 bits per heavy atom. The number of hydrogen-bond donors (Lipinski definition) is 1. The first kappa shape index (κ1) is 13.8. The standard InChI is InChI=1S/C16H23FN2O/c1-20-15-4-2-3-13(16(15)17)10-18-9-12-7-8-19(11-12)14-5-6-14/h2-4,12,14,18H,5-11H2,1H3. The SMILES string of the molecule is COc1cccc(CNCC2CCN(C3CC3)C2)c1F. The third-order valence-electron chi connectivity index (χ3n) is 4.39. The number of halogens is 1. The van der Waals surface area contributed by atoms with E-state index in [1.165, 1.54) is 39.5 Å². The number of methoxy groups -OCH3 is 1. The molecule has 0 amide bonds. The zero-order valence-corrected chi connectivity index (χ0v) is 12.1. The van der Waals surface area contributed by atoms with Gasteiger partial charge in [0.2, 0.25) is 0 Å². The largest absolute Gasteiger partial charge is 0.494 e. The third kappa shape index (κ3) is 3.13. The van der Waals surface area contributed by atoms with Gasteiger partial charge in [-0.05, 0) is 44.3 Å². The van der Waals surface area contributed by atoms with Crippen molar-refractivity contribution in [2.24, 2.45) is 5.92 Å². The molecule has 1 N–H and O–H groups in total. The molecule has 1 atom stereocenters. The lowest BCUT2D eigenvalue weighted by Crippen LogP contribution is -2.27. The maximum Gasteiger partial charge on any atom is 0.169 e. The molecule has 2 aliphatic rings. The van der Waals surface area contributed by atoms with Crippen molar-refractivity contribution in [3.8, 4) is 5.75 Å². The van der Waals surface area contributed by atoms with Crippen LogP contribution in [0.1, 0.15) is 24.8 Å². The molecule has 2 fully saturated rings. The van der Waals surface area contributed by atoms with Gasteiger partial charge in [-0.15, -0.1) is 0 Å². The van der Waals surface area contributed by atoms with Crippen molar-refractivity contribution in [1.82, 2.24) is 10.2 Å². The second-order valence-corrected chi connectivity index (χ2v) is 5.95. The van der Waals surface area contributed by atoms with Crippen LogP contribution in [0.2, 0.25) is 0 Å². The zero-order chi connectivity index (χ0) is 13.9. The summed E-state index contributed by atoms with van der Waals surface area (Å²) in [5, 5.41) is 3.39. The minimum atomic E-state index is -0.242. The Kier molecular flexibility index (Phi) is 4.22. The molecule has 4 heteroatoms. The summed E-state index contributed by atoms with van der Waals surface area (Å²) in [6, 6.07) is 6.18. The summed E-state index contributed by atoms with van der Waals surface area (Å²) in [6.07, 6.45) is 4.04. The number of ether oxygens (including phenoxy) is 1. The van der Waals surface area contributed by atoms with Gasteiger partial charge in [0.15, 0.2) is 11.6 Å². The second-order valence-electron chi connectivity index (χ2n) is 5.95. The Morgan fingerprint density at radius 1 is 1.35 bits per heavy atom. The van der Waals surface area contributed by atoms with Crippen LogP contribution in [0.25, 0.3) is 0 Å². The first-order chi connectivity index (χ1) is 9.78. The van der Waals surface area contributed by atoms with E-state index in [1.807, 2.05) is 12.1 Å². The molecule has 3 rings (SSSR count). The molecule has 1 heterocycles. The molecule has 0 radical (unpaired) electrons. The van der Waals surface area contributed by atoms with E-state index in [0.717, 1.165) is 12.6 Å². The lowest BCUT2D eigenvalue weighted by molar-refractivity contribution is 0.311. The van der Waals surface area contributed by atoms with Crippen molar-refractivity contribution < 1.29 is 9.13 Å². The van der Waals surface area contributed by atoms with E-state index in [0.29, 0.717) is 23.8 Å². The van der Waals surface area contributed by atoms with Crippen molar-refractivity contribution in [3.05, 3.63) is 29.6 Å². The summed E-state index contributed by atoms with van der Waals surface area (Å²) in [7, 11) is 1.50. The van der Waals surface area contributed by atoms with Gasteiger partial charge >= 0.3 is 0 Å². The van der Waals surface area contributed by atoms with E-state index in [2.05, 4.69) is 10.2 Å². The smallest absolute Gasteiger partial charge is 0.169 e. The first-order valence-corrected chi connectivity index (χ1v) is 7.54. The summed E-state index contributed by atoms with van der Waals surface area (Å²) >= 11 is 0. The van der Waals surface area contributed by atoms with E-state index < -0.39 is 0 Å². The molecule has 1 unspecified atom stereocenters. The monoisotopic (exact) mass is 278 g/mol. The van der Waals surface area contributed by atoms with Crippen molar-refractivity contribution in [2.45, 2.75) is 31.8 Å². The highest BCUT2D eigenvalue weighted by Gasteiger charge is 2.33. The van der Waals surface area contributed by atoms with Gasteiger partial charge in [-0.1, -0.05) is 12.1 Å². The average Bonchev–Trinajstić information content (AvgIpc) is 3.21. The van der Waals surface area contributed by atoms with Gasteiger partial charge < -0.3 is 15.0 Å². The third-order valence-corrected chi connectivity index (χ3v) is 4.39. The highest BCUT2D eigenvalue weighted by atomic mass is 19.1. The van der Waals surface area contributed by atoms with Crippen LogP contribution in [-0.2, 0) is 6.54 Å². The molecule has 0 bridgehead atoms. The van der Waals surface area contributed by atoms with Gasteiger partial charge in [0.1, 0.15) is 0 Å². The Labute approximate surface area is 120 Å². The molecule has 0 spiro atoms. The van der Waals surface area contributed by atoms with Crippen LogP contribution in [0.4, 0.5) is 4.39 Å². The van der Waals surface area contributed by atoms with Crippen LogP contribution in [0.3, 0.4) is 0 Å². The normalized spacial score (nSPS) is 23.2. The minimum Gasteiger partial charge on any atom is -0.494 e. The molecule has 1 aromatic carbocycles. The molecule has 1 saturated heterocycles. The van der Waals surface area contributed by atoms with Crippen LogP contribution < -0.4 is 10.1 Å². The summed E-state index contributed by atoms with van der Waals surface area (Å²) in [5.74, 6) is 0.794. The first-order valence-electron chi connectivity index (χ1n) is 7.54. The van der Waals surface area contributed by atoms with E-state index >= 15 is 0 Å². The molecule has 1 aliphatic heterocycles. The van der Waals surface area contributed by atoms with Crippen molar-refractivity contribution in [2.75, 3.05) is 26.7 Å². The quantitative estimate of drug-likeness (QED) is 0.865. The topological polar surface area (TPSA) is 24.5 Å². The molecule has 1 aromatic rings. The highest BCUT2D eigenvalue weighted by Crippen LogP contribution is 2.31. The van der Waals surface area contributed by atoms with E-state index in [1.54, 1.807) is 6.07 Å². The van der Waals surface area contributed by atoms with Crippen LogP contribution in [0.15, 0.2) is 18.2 Å². The minimum absolute atomic E-state index is 0.242. The van der Waals surface area contributed by atoms with Gasteiger partial charge in [0.05, 0.1) is 7.11 Å². The van der Waals surface area contributed by atoms with Crippen LogP contribution >= 0.6 is 0 Å². The Bertz CT molecular complexity index is 462. The number of nitrogens with one attached hydrogen (secondary N) is 1. The maximum absolute atomic E-state index is 14.0. The fourth-order valence-electron chi connectivity index (χ4n) is 3.06. The molecule has 1 aliphatic carbocycles. The van der Waals surface area contributed by atoms with Crippen LogP contribution in [-0.4, -0.2) is 37.7 Å². The molecule has 1 saturated carbocycles. The number of likely N-dealkylation sites (tertiary alicyclic amines) is 1. The molecular formula is C16H23FN2O. The second kappa shape index (κ2) is 6.10. The summed E-state index contributed by atoms with van der Waals surface area (Å²) in [4.78, 5) is 2.61. The summed E-state index contributed by atoms with van der Waals surface area (Å²) in [6.45, 7) is 3.99. The Balaban J connectivity index is 1.45. The zero-order valence-electron chi connectivity index (χ0n) is 12.1. The summed E-state index contributed by atoms with van der Waals surface area (Å²) in [5.41, 5.74) is 0.682. The number of nitrogens with zero attached hydrogens (tertiary/aromatic N) is 1. The number of rotatable bonds is 6. The number of benzene rings is 1. The maximum atomic E-state index is 14.0. The van der Waals surface area contributed by atoms with Gasteiger partial charge in [0, 0.05) is 24.7 Å². The molecule has 110 valence electrons. The predicted octanol–water partition coefficient (Wildman–Crippen LogP) is 2.41. The van der Waals surface area contributed by atoms with Gasteiger partial charge in [0.25, 0.3) is 0 Å². The van der Waals surface area contributed by atoms with E-state index in [9.17, 15) is 4.39 Å². The average molecular weight is 278 g/mol. The molecule has 0 aromatic heterocycles. The Morgan fingerprint density at radius 2 is 2.20 bits per heavy atom. The van der Waals surface area contributed by atoms with Gasteiger partial charge in [-0.25, -0.2) is 4.39 Å². The fraction of sp³-hybridized carbons (Fsp3) is 0.625.